The molecule has 1 aliphatic rings. The highest BCUT2D eigenvalue weighted by atomic mass is 35.5. The highest BCUT2D eigenvalue weighted by Gasteiger charge is 2.32. The largest absolute Gasteiger partial charge is 0.496 e. The molecule has 0 spiro atoms. The summed E-state index contributed by atoms with van der Waals surface area (Å²) in [5, 5.41) is 3.37. The Balaban J connectivity index is 0.00000288. The lowest BCUT2D eigenvalue weighted by Gasteiger charge is -2.38. The monoisotopic (exact) mass is 356 g/mol. The number of halogens is 1. The van der Waals surface area contributed by atoms with Crippen LogP contribution in [0.15, 0.2) is 24.3 Å². The van der Waals surface area contributed by atoms with Crippen LogP contribution >= 0.6 is 12.4 Å². The van der Waals surface area contributed by atoms with Crippen molar-refractivity contribution in [3.8, 4) is 5.75 Å². The van der Waals surface area contributed by atoms with Crippen LogP contribution in [0.25, 0.3) is 0 Å². The van der Waals surface area contributed by atoms with Gasteiger partial charge in [0.2, 0.25) is 0 Å². The predicted molar refractivity (Wildman–Crippen MR) is 97.9 cm³/mol. The Labute approximate surface area is 151 Å². The van der Waals surface area contributed by atoms with Crippen LogP contribution in [0.5, 0.6) is 5.75 Å². The van der Waals surface area contributed by atoms with Gasteiger partial charge in [0.05, 0.1) is 13.2 Å². The fourth-order valence-corrected chi connectivity index (χ4v) is 2.90. The van der Waals surface area contributed by atoms with Crippen molar-refractivity contribution < 1.29 is 14.3 Å². The molecule has 0 radical (unpaired) electrons. The summed E-state index contributed by atoms with van der Waals surface area (Å²) in [6.45, 7) is 6.81. The van der Waals surface area contributed by atoms with Crippen molar-refractivity contribution in [2.45, 2.75) is 38.8 Å². The topological polar surface area (TPSA) is 50.8 Å². The van der Waals surface area contributed by atoms with E-state index in [1.807, 2.05) is 36.1 Å². The number of carbonyl (C=O) groups excluding carboxylic acids is 1. The Hall–Kier alpha value is -1.30. The summed E-state index contributed by atoms with van der Waals surface area (Å²) in [5.74, 6) is 0.872. The summed E-state index contributed by atoms with van der Waals surface area (Å²) >= 11 is 0. The molecule has 5 nitrogen and oxygen atoms in total. The third-order valence-electron chi connectivity index (χ3n) is 4.24. The number of ether oxygens (including phenoxy) is 2. The van der Waals surface area contributed by atoms with E-state index in [1.54, 1.807) is 7.11 Å². The molecule has 136 valence electrons. The van der Waals surface area contributed by atoms with E-state index in [4.69, 9.17) is 9.47 Å². The van der Waals surface area contributed by atoms with Crippen LogP contribution in [0, 0.1) is 0 Å². The Morgan fingerprint density at radius 1 is 1.42 bits per heavy atom. The fourth-order valence-electron chi connectivity index (χ4n) is 2.90. The molecule has 0 aromatic heterocycles. The molecule has 6 heteroatoms. The van der Waals surface area contributed by atoms with Gasteiger partial charge in [-0.15, -0.1) is 12.4 Å². The van der Waals surface area contributed by atoms with E-state index < -0.39 is 6.10 Å². The summed E-state index contributed by atoms with van der Waals surface area (Å²) in [4.78, 5) is 14.7. The fraction of sp³-hybridized carbons (Fsp3) is 0.611. The third kappa shape index (κ3) is 5.10. The maximum Gasteiger partial charge on any atom is 0.252 e. The van der Waals surface area contributed by atoms with Crippen LogP contribution in [0.4, 0.5) is 0 Å². The van der Waals surface area contributed by atoms with Gasteiger partial charge in [0.25, 0.3) is 5.91 Å². The van der Waals surface area contributed by atoms with Gasteiger partial charge < -0.3 is 19.7 Å². The van der Waals surface area contributed by atoms with Gasteiger partial charge in [-0.2, -0.15) is 0 Å². The van der Waals surface area contributed by atoms with E-state index in [9.17, 15) is 4.79 Å². The van der Waals surface area contributed by atoms with E-state index in [0.29, 0.717) is 13.2 Å². The Morgan fingerprint density at radius 2 is 2.17 bits per heavy atom. The first-order valence-corrected chi connectivity index (χ1v) is 8.44. The highest BCUT2D eigenvalue weighted by Crippen LogP contribution is 2.30. The van der Waals surface area contributed by atoms with Gasteiger partial charge in [-0.25, -0.2) is 0 Å². The number of piperazine rings is 1. The summed E-state index contributed by atoms with van der Waals surface area (Å²) in [5.41, 5.74) is 1.04. The molecular formula is C18H29ClN2O3. The SMILES string of the molecule is CCCCOC(C)C(=O)N1CCNCC1c1ccccc1OC.Cl. The molecule has 0 aliphatic carbocycles. The van der Waals surface area contributed by atoms with Crippen LogP contribution in [-0.2, 0) is 9.53 Å². The van der Waals surface area contributed by atoms with Gasteiger partial charge in [-0.05, 0) is 19.4 Å². The molecule has 1 aliphatic heterocycles. The second kappa shape index (κ2) is 10.5. The quantitative estimate of drug-likeness (QED) is 0.763. The van der Waals surface area contributed by atoms with Crippen LogP contribution in [0.3, 0.4) is 0 Å². The molecule has 1 aromatic carbocycles. The van der Waals surface area contributed by atoms with Crippen molar-refractivity contribution in [1.29, 1.82) is 0 Å². The zero-order valence-electron chi connectivity index (χ0n) is 14.8. The number of carbonyl (C=O) groups is 1. The van der Waals surface area contributed by atoms with E-state index in [1.165, 1.54) is 0 Å². The average molecular weight is 357 g/mol. The maximum atomic E-state index is 12.8. The molecule has 1 aromatic rings. The van der Waals surface area contributed by atoms with Crippen molar-refractivity contribution in [3.63, 3.8) is 0 Å². The molecule has 2 atom stereocenters. The van der Waals surface area contributed by atoms with E-state index in [-0.39, 0.29) is 24.4 Å². The second-order valence-corrected chi connectivity index (χ2v) is 5.86. The van der Waals surface area contributed by atoms with Crippen LogP contribution in [0.2, 0.25) is 0 Å². The van der Waals surface area contributed by atoms with Gasteiger partial charge in [-0.1, -0.05) is 31.5 Å². The average Bonchev–Trinajstić information content (AvgIpc) is 2.61. The molecule has 1 amide bonds. The molecule has 1 heterocycles. The number of methoxy groups -OCH3 is 1. The van der Waals surface area contributed by atoms with Gasteiger partial charge in [-0.3, -0.25) is 4.79 Å². The van der Waals surface area contributed by atoms with E-state index in [0.717, 1.165) is 37.2 Å². The molecule has 24 heavy (non-hydrogen) atoms. The summed E-state index contributed by atoms with van der Waals surface area (Å²) < 4.78 is 11.2. The van der Waals surface area contributed by atoms with E-state index >= 15 is 0 Å². The predicted octanol–water partition coefficient (Wildman–Crippen LogP) is 2.80. The molecule has 2 rings (SSSR count). The Morgan fingerprint density at radius 3 is 2.88 bits per heavy atom. The minimum absolute atomic E-state index is 0. The zero-order chi connectivity index (χ0) is 16.7. The van der Waals surface area contributed by atoms with Crippen molar-refractivity contribution in [3.05, 3.63) is 29.8 Å². The van der Waals surface area contributed by atoms with Gasteiger partial charge >= 0.3 is 0 Å². The first-order chi connectivity index (χ1) is 11.2. The van der Waals surface area contributed by atoms with Gasteiger partial charge in [0.1, 0.15) is 11.9 Å². The van der Waals surface area contributed by atoms with E-state index in [2.05, 4.69) is 12.2 Å². The first kappa shape index (κ1) is 20.7. The number of nitrogens with one attached hydrogen (secondary N) is 1. The van der Waals surface area contributed by atoms with Gasteiger partial charge in [0, 0.05) is 31.8 Å². The van der Waals surface area contributed by atoms with Gasteiger partial charge in [0.15, 0.2) is 0 Å². The zero-order valence-corrected chi connectivity index (χ0v) is 15.6. The Bertz CT molecular complexity index is 513. The normalized spacial score (nSPS) is 18.6. The second-order valence-electron chi connectivity index (χ2n) is 5.86. The third-order valence-corrected chi connectivity index (χ3v) is 4.24. The van der Waals surface area contributed by atoms with Crippen molar-refractivity contribution in [1.82, 2.24) is 10.2 Å². The first-order valence-electron chi connectivity index (χ1n) is 8.44. The molecule has 1 fully saturated rings. The van der Waals surface area contributed by atoms with Crippen LogP contribution < -0.4 is 10.1 Å². The number of nitrogens with zero attached hydrogens (tertiary/aromatic N) is 1. The number of amides is 1. The number of para-hydroxylation sites is 1. The number of unbranched alkanes of at least 4 members (excludes halogenated alkanes) is 1. The lowest BCUT2D eigenvalue weighted by molar-refractivity contribution is -0.146. The molecule has 0 bridgehead atoms. The summed E-state index contributed by atoms with van der Waals surface area (Å²) in [6.07, 6.45) is 1.64. The molecule has 0 saturated carbocycles. The number of rotatable bonds is 7. The smallest absolute Gasteiger partial charge is 0.252 e. The summed E-state index contributed by atoms with van der Waals surface area (Å²) in [7, 11) is 1.66. The minimum atomic E-state index is -0.406. The number of benzene rings is 1. The van der Waals surface area contributed by atoms with Crippen molar-refractivity contribution in [2.24, 2.45) is 0 Å². The summed E-state index contributed by atoms with van der Waals surface area (Å²) in [6, 6.07) is 7.87. The Kier molecular flexibility index (Phi) is 9.11. The van der Waals surface area contributed by atoms with Crippen LogP contribution in [-0.4, -0.2) is 50.3 Å². The maximum absolute atomic E-state index is 12.8. The molecule has 1 N–H and O–H groups in total. The van der Waals surface area contributed by atoms with Crippen molar-refractivity contribution >= 4 is 18.3 Å². The number of hydrogen-bond acceptors (Lipinski definition) is 4. The van der Waals surface area contributed by atoms with Crippen LogP contribution in [0.1, 0.15) is 38.3 Å². The lowest BCUT2D eigenvalue weighted by Crippen LogP contribution is -2.51. The molecule has 1 saturated heterocycles. The highest BCUT2D eigenvalue weighted by molar-refractivity contribution is 5.85. The lowest BCUT2D eigenvalue weighted by atomic mass is 10.0. The standard InChI is InChI=1S/C18H28N2O3.ClH/c1-4-5-12-23-14(2)18(21)20-11-10-19-13-16(20)15-8-6-7-9-17(15)22-3;/h6-9,14,16,19H,4-5,10-13H2,1-3H3;1H. The number of hydrogen-bond donors (Lipinski definition) is 1. The molecular weight excluding hydrogens is 328 g/mol. The van der Waals surface area contributed by atoms with Crippen molar-refractivity contribution in [2.75, 3.05) is 33.4 Å². The minimum Gasteiger partial charge on any atom is -0.496 e. The molecule has 2 unspecified atom stereocenters.